The second-order valence-electron chi connectivity index (χ2n) is 3.40. The zero-order chi connectivity index (χ0) is 10.3. The zero-order valence-electron chi connectivity index (χ0n) is 8.56. The van der Waals surface area contributed by atoms with E-state index < -0.39 is 0 Å². The molecule has 1 aromatic carbocycles. The van der Waals surface area contributed by atoms with Gasteiger partial charge in [0.25, 0.3) is 0 Å². The average molecular weight is 198 g/mol. The maximum absolute atomic E-state index is 4.08. The third kappa shape index (κ3) is 3.09. The number of nitrogens with zero attached hydrogens (tertiary/aromatic N) is 1. The van der Waals surface area contributed by atoms with Crippen molar-refractivity contribution < 1.29 is 0 Å². The Hall–Kier alpha value is -1.83. The second kappa shape index (κ2) is 5.15. The van der Waals surface area contributed by atoms with Crippen LogP contribution < -0.4 is 5.32 Å². The van der Waals surface area contributed by atoms with Gasteiger partial charge >= 0.3 is 0 Å². The fourth-order valence-corrected chi connectivity index (χ4v) is 1.45. The summed E-state index contributed by atoms with van der Waals surface area (Å²) in [5, 5.41) is 3.37. The predicted octanol–water partition coefficient (Wildman–Crippen LogP) is 2.74. The van der Waals surface area contributed by atoms with Crippen molar-refractivity contribution in [2.45, 2.75) is 6.42 Å². The van der Waals surface area contributed by atoms with Crippen LogP contribution in [0.1, 0.15) is 5.56 Å². The van der Waals surface area contributed by atoms with Crippen LogP contribution in [0.4, 0.5) is 5.69 Å². The Morgan fingerprint density at radius 1 is 1.00 bits per heavy atom. The molecule has 0 radical (unpaired) electrons. The number of para-hydroxylation sites is 1. The molecule has 0 bridgehead atoms. The van der Waals surface area contributed by atoms with Gasteiger partial charge in [-0.15, -0.1) is 0 Å². The van der Waals surface area contributed by atoms with Crippen LogP contribution in [0, 0.1) is 0 Å². The van der Waals surface area contributed by atoms with E-state index >= 15 is 0 Å². The van der Waals surface area contributed by atoms with Crippen molar-refractivity contribution in [3.8, 4) is 0 Å². The second-order valence-corrected chi connectivity index (χ2v) is 3.40. The van der Waals surface area contributed by atoms with Crippen molar-refractivity contribution in [2.24, 2.45) is 0 Å². The van der Waals surface area contributed by atoms with E-state index in [9.17, 15) is 0 Å². The molecule has 0 saturated carbocycles. The zero-order valence-corrected chi connectivity index (χ0v) is 8.56. The lowest BCUT2D eigenvalue weighted by Gasteiger charge is -2.05. The molecule has 15 heavy (non-hydrogen) atoms. The summed E-state index contributed by atoms with van der Waals surface area (Å²) in [7, 11) is 0. The first-order valence-corrected chi connectivity index (χ1v) is 5.13. The van der Waals surface area contributed by atoms with E-state index in [1.165, 1.54) is 11.3 Å². The molecule has 2 aromatic rings. The minimum absolute atomic E-state index is 0.940. The molecule has 0 saturated heterocycles. The summed E-state index contributed by atoms with van der Waals surface area (Å²) in [5.41, 5.74) is 2.43. The van der Waals surface area contributed by atoms with Crippen molar-refractivity contribution in [3.05, 3.63) is 60.4 Å². The smallest absolute Gasteiger partial charge is 0.0340 e. The highest BCUT2D eigenvalue weighted by Crippen LogP contribution is 2.05. The molecule has 2 heteroatoms. The molecule has 1 N–H and O–H groups in total. The van der Waals surface area contributed by atoms with Gasteiger partial charge in [0.15, 0.2) is 0 Å². The van der Waals surface area contributed by atoms with Crippen LogP contribution in [0.2, 0.25) is 0 Å². The number of nitrogens with one attached hydrogen (secondary N) is 1. The van der Waals surface area contributed by atoms with E-state index in [0.29, 0.717) is 0 Å². The summed E-state index contributed by atoms with van der Waals surface area (Å²) >= 11 is 0. The number of aromatic nitrogens is 1. The molecule has 1 heterocycles. The third-order valence-electron chi connectivity index (χ3n) is 2.24. The number of rotatable bonds is 4. The molecule has 0 spiro atoms. The van der Waals surface area contributed by atoms with Crippen molar-refractivity contribution in [1.29, 1.82) is 0 Å². The predicted molar refractivity (Wildman–Crippen MR) is 62.9 cm³/mol. The molecular formula is C13H14N2. The van der Waals surface area contributed by atoms with Crippen LogP contribution in [0.3, 0.4) is 0 Å². The maximum Gasteiger partial charge on any atom is 0.0340 e. The van der Waals surface area contributed by atoms with Gasteiger partial charge in [-0.25, -0.2) is 0 Å². The lowest BCUT2D eigenvalue weighted by Crippen LogP contribution is -2.04. The van der Waals surface area contributed by atoms with Crippen molar-refractivity contribution in [3.63, 3.8) is 0 Å². The average Bonchev–Trinajstić information content (AvgIpc) is 2.32. The Balaban J connectivity index is 1.81. The van der Waals surface area contributed by atoms with Crippen molar-refractivity contribution in [2.75, 3.05) is 11.9 Å². The molecule has 0 fully saturated rings. The summed E-state index contributed by atoms with van der Waals surface area (Å²) in [6, 6.07) is 14.3. The van der Waals surface area contributed by atoms with Gasteiger partial charge in [-0.2, -0.15) is 0 Å². The minimum Gasteiger partial charge on any atom is -0.385 e. The highest BCUT2D eigenvalue weighted by Gasteiger charge is 1.92. The van der Waals surface area contributed by atoms with E-state index in [0.717, 1.165) is 13.0 Å². The van der Waals surface area contributed by atoms with E-state index in [2.05, 4.69) is 28.5 Å². The standard InChI is InChI=1S/C13H14N2/c1-2-6-13(7-3-1)15-10-8-12-5-4-9-14-11-12/h1-7,9,11,15H,8,10H2. The van der Waals surface area contributed by atoms with Crippen LogP contribution >= 0.6 is 0 Å². The number of benzene rings is 1. The van der Waals surface area contributed by atoms with E-state index in [4.69, 9.17) is 0 Å². The van der Waals surface area contributed by atoms with Crippen LogP contribution in [0.15, 0.2) is 54.9 Å². The topological polar surface area (TPSA) is 24.9 Å². The molecule has 0 aliphatic carbocycles. The molecule has 0 aliphatic heterocycles. The minimum atomic E-state index is 0.940. The Bertz CT molecular complexity index is 344. The van der Waals surface area contributed by atoms with Gasteiger partial charge in [0.05, 0.1) is 0 Å². The quantitative estimate of drug-likeness (QED) is 0.817. The molecule has 76 valence electrons. The summed E-state index contributed by atoms with van der Waals surface area (Å²) < 4.78 is 0. The molecule has 0 unspecified atom stereocenters. The lowest BCUT2D eigenvalue weighted by molar-refractivity contribution is 1.01. The van der Waals surface area contributed by atoms with Gasteiger partial charge in [-0.3, -0.25) is 4.98 Å². The van der Waals surface area contributed by atoms with Gasteiger partial charge in [0, 0.05) is 24.6 Å². The first-order chi connectivity index (χ1) is 7.45. The maximum atomic E-state index is 4.08. The first-order valence-electron chi connectivity index (χ1n) is 5.13. The van der Waals surface area contributed by atoms with Crippen LogP contribution in [-0.4, -0.2) is 11.5 Å². The van der Waals surface area contributed by atoms with E-state index in [-0.39, 0.29) is 0 Å². The van der Waals surface area contributed by atoms with Crippen molar-refractivity contribution >= 4 is 5.69 Å². The summed E-state index contributed by atoms with van der Waals surface area (Å²) in [5.74, 6) is 0. The van der Waals surface area contributed by atoms with E-state index in [1.807, 2.05) is 30.5 Å². The van der Waals surface area contributed by atoms with E-state index in [1.54, 1.807) is 6.20 Å². The first kappa shape index (κ1) is 9.71. The molecule has 2 rings (SSSR count). The van der Waals surface area contributed by atoms with Crippen LogP contribution in [0.25, 0.3) is 0 Å². The molecule has 2 nitrogen and oxygen atoms in total. The van der Waals surface area contributed by atoms with Gasteiger partial charge < -0.3 is 5.32 Å². The number of hydrogen-bond acceptors (Lipinski definition) is 2. The van der Waals surface area contributed by atoms with Gasteiger partial charge in [-0.1, -0.05) is 24.3 Å². The highest BCUT2D eigenvalue weighted by molar-refractivity contribution is 5.42. The number of hydrogen-bond donors (Lipinski definition) is 1. The normalized spacial score (nSPS) is 9.87. The number of anilines is 1. The highest BCUT2D eigenvalue weighted by atomic mass is 14.9. The molecule has 1 aromatic heterocycles. The Labute approximate surface area is 90.0 Å². The molecular weight excluding hydrogens is 184 g/mol. The SMILES string of the molecule is c1ccc(NCCc2cccnc2)cc1. The summed E-state index contributed by atoms with van der Waals surface area (Å²) in [6.45, 7) is 0.940. The van der Waals surface area contributed by atoms with Crippen LogP contribution in [0.5, 0.6) is 0 Å². The molecule has 0 aliphatic rings. The lowest BCUT2D eigenvalue weighted by atomic mass is 10.2. The summed E-state index contributed by atoms with van der Waals surface area (Å²) in [4.78, 5) is 4.08. The Morgan fingerprint density at radius 3 is 2.60 bits per heavy atom. The largest absolute Gasteiger partial charge is 0.385 e. The third-order valence-corrected chi connectivity index (χ3v) is 2.24. The molecule has 0 amide bonds. The fourth-order valence-electron chi connectivity index (χ4n) is 1.45. The van der Waals surface area contributed by atoms with Crippen molar-refractivity contribution in [1.82, 2.24) is 4.98 Å². The summed E-state index contributed by atoms with van der Waals surface area (Å²) in [6.07, 6.45) is 4.71. The van der Waals surface area contributed by atoms with Gasteiger partial charge in [0.1, 0.15) is 0 Å². The van der Waals surface area contributed by atoms with Crippen LogP contribution in [-0.2, 0) is 6.42 Å². The monoisotopic (exact) mass is 198 g/mol. The Morgan fingerprint density at radius 2 is 1.87 bits per heavy atom. The van der Waals surface area contributed by atoms with Gasteiger partial charge in [0.2, 0.25) is 0 Å². The number of pyridine rings is 1. The Kier molecular flexibility index (Phi) is 3.34. The fraction of sp³-hybridized carbons (Fsp3) is 0.154. The molecule has 0 atom stereocenters. The van der Waals surface area contributed by atoms with Gasteiger partial charge in [-0.05, 0) is 30.2 Å².